The molecule has 9 heteroatoms. The number of nitrogens with zero attached hydrogens (tertiary/aromatic N) is 5. The summed E-state index contributed by atoms with van der Waals surface area (Å²) in [6.45, 7) is 0. The van der Waals surface area contributed by atoms with Gasteiger partial charge in [0.05, 0.1) is 11.9 Å². The van der Waals surface area contributed by atoms with Crippen LogP contribution in [0.4, 0.5) is 5.69 Å². The van der Waals surface area contributed by atoms with Gasteiger partial charge in [0.15, 0.2) is 10.9 Å². The molecule has 5 aromatic rings. The second-order valence-electron chi connectivity index (χ2n) is 6.56. The van der Waals surface area contributed by atoms with E-state index in [0.29, 0.717) is 28.0 Å². The summed E-state index contributed by atoms with van der Waals surface area (Å²) in [6, 6.07) is 12.9. The number of carbonyl (C=O) groups excluding carboxylic acids is 1. The highest BCUT2D eigenvalue weighted by molar-refractivity contribution is 7.98. The number of rotatable bonds is 6. The Morgan fingerprint density at radius 3 is 2.68 bits per heavy atom. The molecule has 8 nitrogen and oxygen atoms in total. The predicted molar refractivity (Wildman–Crippen MR) is 117 cm³/mol. The lowest BCUT2D eigenvalue weighted by Gasteiger charge is -2.06. The second kappa shape index (κ2) is 8.41. The van der Waals surface area contributed by atoms with Gasteiger partial charge in [0.2, 0.25) is 0 Å². The van der Waals surface area contributed by atoms with Gasteiger partial charge in [-0.25, -0.2) is 19.9 Å². The molecule has 5 rings (SSSR count). The fourth-order valence-corrected chi connectivity index (χ4v) is 3.95. The highest BCUT2D eigenvalue weighted by Gasteiger charge is 2.21. The monoisotopic (exact) mass is 428 g/mol. The van der Waals surface area contributed by atoms with Crippen LogP contribution in [0.3, 0.4) is 0 Å². The topological polar surface area (TPSA) is 98.7 Å². The van der Waals surface area contributed by atoms with Gasteiger partial charge in [-0.1, -0.05) is 30.0 Å². The van der Waals surface area contributed by atoms with E-state index in [4.69, 9.17) is 4.42 Å². The average molecular weight is 428 g/mol. The molecule has 1 amide bonds. The predicted octanol–water partition coefficient (Wildman–Crippen LogP) is 4.35. The van der Waals surface area contributed by atoms with E-state index in [-0.39, 0.29) is 11.7 Å². The fourth-order valence-electron chi connectivity index (χ4n) is 3.12. The van der Waals surface area contributed by atoms with Gasteiger partial charge in [0.1, 0.15) is 17.7 Å². The molecule has 0 saturated heterocycles. The molecule has 0 aliphatic heterocycles. The van der Waals surface area contributed by atoms with Crippen LogP contribution in [0.5, 0.6) is 0 Å². The summed E-state index contributed by atoms with van der Waals surface area (Å²) in [5.41, 5.74) is 2.03. The van der Waals surface area contributed by atoms with Gasteiger partial charge in [-0.05, 0) is 24.3 Å². The van der Waals surface area contributed by atoms with Gasteiger partial charge in [-0.15, -0.1) is 0 Å². The van der Waals surface area contributed by atoms with Crippen molar-refractivity contribution < 1.29 is 9.21 Å². The lowest BCUT2D eigenvalue weighted by Crippen LogP contribution is -2.13. The van der Waals surface area contributed by atoms with E-state index in [9.17, 15) is 4.79 Å². The summed E-state index contributed by atoms with van der Waals surface area (Å²) >= 11 is 1.45. The van der Waals surface area contributed by atoms with Crippen molar-refractivity contribution in [2.75, 3.05) is 5.32 Å². The molecule has 0 aliphatic carbocycles. The minimum atomic E-state index is -0.335. The van der Waals surface area contributed by atoms with E-state index in [1.807, 2.05) is 24.3 Å². The van der Waals surface area contributed by atoms with Crippen LogP contribution in [-0.2, 0) is 5.75 Å². The first-order chi connectivity index (χ1) is 15.3. The highest BCUT2D eigenvalue weighted by Crippen LogP contribution is 2.31. The molecule has 0 bridgehead atoms. The third-order valence-corrected chi connectivity index (χ3v) is 5.47. The Kier molecular flexibility index (Phi) is 5.16. The van der Waals surface area contributed by atoms with Gasteiger partial charge >= 0.3 is 0 Å². The first kappa shape index (κ1) is 19.0. The number of thioether (sulfide) groups is 1. The number of amides is 1. The van der Waals surface area contributed by atoms with Gasteiger partial charge in [-0.3, -0.25) is 9.36 Å². The molecule has 0 saturated carbocycles. The Hall–Kier alpha value is -3.98. The number of para-hydroxylation sites is 1. The minimum absolute atomic E-state index is 0.267. The van der Waals surface area contributed by atoms with Crippen molar-refractivity contribution in [1.29, 1.82) is 0 Å². The molecule has 0 fully saturated rings. The molecule has 4 heterocycles. The highest BCUT2D eigenvalue weighted by atomic mass is 32.2. The fraction of sp³-hybridized carbons (Fsp3) is 0.0455. The molecule has 1 N–H and O–H groups in total. The lowest BCUT2D eigenvalue weighted by molar-refractivity contribution is 0.0997. The molecule has 0 atom stereocenters. The molecule has 0 unspecified atom stereocenters. The quantitative estimate of drug-likeness (QED) is 0.317. The molecule has 152 valence electrons. The van der Waals surface area contributed by atoms with Crippen molar-refractivity contribution in [2.24, 2.45) is 0 Å². The number of anilines is 1. The van der Waals surface area contributed by atoms with Crippen LogP contribution in [0.2, 0.25) is 0 Å². The standard InChI is InChI=1S/C22H16N6O2S/c29-21(27-15-6-7-19(26-12-15)28-11-10-23-14-28)20-17(13-31-22-24-8-3-9-25-22)16-4-1-2-5-18(16)30-20/h1-12,14H,13H2,(H,27,29). The Balaban J connectivity index is 1.40. The Morgan fingerprint density at radius 1 is 1.03 bits per heavy atom. The van der Waals surface area contributed by atoms with Crippen LogP contribution in [0, 0.1) is 0 Å². The van der Waals surface area contributed by atoms with Gasteiger partial charge < -0.3 is 9.73 Å². The number of aromatic nitrogens is 5. The van der Waals surface area contributed by atoms with Crippen LogP contribution >= 0.6 is 11.8 Å². The Morgan fingerprint density at radius 2 is 1.90 bits per heavy atom. The second-order valence-corrected chi connectivity index (χ2v) is 7.50. The van der Waals surface area contributed by atoms with Gasteiger partial charge in [-0.2, -0.15) is 0 Å². The summed E-state index contributed by atoms with van der Waals surface area (Å²) in [6.07, 6.45) is 10.1. The van der Waals surface area contributed by atoms with Crippen LogP contribution in [0.1, 0.15) is 16.1 Å². The first-order valence-electron chi connectivity index (χ1n) is 9.44. The van der Waals surface area contributed by atoms with Gasteiger partial charge in [0.25, 0.3) is 5.91 Å². The lowest BCUT2D eigenvalue weighted by atomic mass is 10.1. The number of hydrogen-bond donors (Lipinski definition) is 1. The van der Waals surface area contributed by atoms with Crippen molar-refractivity contribution in [3.63, 3.8) is 0 Å². The zero-order valence-electron chi connectivity index (χ0n) is 16.2. The third kappa shape index (κ3) is 4.03. The summed E-state index contributed by atoms with van der Waals surface area (Å²) in [5.74, 6) is 1.14. The molecule has 0 radical (unpaired) electrons. The number of imidazole rings is 1. The molecular weight excluding hydrogens is 412 g/mol. The largest absolute Gasteiger partial charge is 0.451 e. The zero-order chi connectivity index (χ0) is 21.0. The smallest absolute Gasteiger partial charge is 0.291 e. The number of benzene rings is 1. The van der Waals surface area contributed by atoms with Crippen molar-refractivity contribution in [1.82, 2.24) is 24.5 Å². The SMILES string of the molecule is O=C(Nc1ccc(-n2ccnc2)nc1)c1oc2ccccc2c1CSc1ncccn1. The Bertz CT molecular complexity index is 1320. The maximum Gasteiger partial charge on any atom is 0.291 e. The van der Waals surface area contributed by atoms with Crippen molar-refractivity contribution in [3.05, 3.63) is 91.1 Å². The number of carbonyl (C=O) groups is 1. The van der Waals surface area contributed by atoms with E-state index in [0.717, 1.165) is 10.9 Å². The van der Waals surface area contributed by atoms with Crippen molar-refractivity contribution in [3.8, 4) is 5.82 Å². The van der Waals surface area contributed by atoms with Gasteiger partial charge in [0, 0.05) is 41.5 Å². The van der Waals surface area contributed by atoms with Crippen LogP contribution in [0.15, 0.2) is 89.3 Å². The van der Waals surface area contributed by atoms with E-state index in [2.05, 4.69) is 25.3 Å². The molecule has 31 heavy (non-hydrogen) atoms. The number of fused-ring (bicyclic) bond motifs is 1. The Labute approximate surface area is 181 Å². The number of furan rings is 1. The summed E-state index contributed by atoms with van der Waals surface area (Å²) in [4.78, 5) is 29.9. The summed E-state index contributed by atoms with van der Waals surface area (Å²) in [7, 11) is 0. The zero-order valence-corrected chi connectivity index (χ0v) is 17.0. The minimum Gasteiger partial charge on any atom is -0.451 e. The number of hydrogen-bond acceptors (Lipinski definition) is 7. The van der Waals surface area contributed by atoms with E-state index >= 15 is 0 Å². The van der Waals surface area contributed by atoms with Crippen molar-refractivity contribution in [2.45, 2.75) is 10.9 Å². The molecule has 1 aromatic carbocycles. The van der Waals surface area contributed by atoms with E-state index in [1.165, 1.54) is 11.8 Å². The molecule has 0 aliphatic rings. The number of nitrogens with one attached hydrogen (secondary N) is 1. The normalized spacial score (nSPS) is 11.0. The maximum absolute atomic E-state index is 13.0. The molecule has 0 spiro atoms. The maximum atomic E-state index is 13.0. The first-order valence-corrected chi connectivity index (χ1v) is 10.4. The van der Waals surface area contributed by atoms with E-state index in [1.54, 1.807) is 60.1 Å². The van der Waals surface area contributed by atoms with Crippen molar-refractivity contribution >= 4 is 34.3 Å². The average Bonchev–Trinajstić information content (AvgIpc) is 3.47. The van der Waals surface area contributed by atoms with Crippen LogP contribution in [0.25, 0.3) is 16.8 Å². The molecule has 4 aromatic heterocycles. The number of pyridine rings is 1. The van der Waals surface area contributed by atoms with Crippen LogP contribution < -0.4 is 5.32 Å². The molecular formula is C22H16N6O2S. The van der Waals surface area contributed by atoms with Crippen LogP contribution in [-0.4, -0.2) is 30.4 Å². The third-order valence-electron chi connectivity index (χ3n) is 4.57. The summed E-state index contributed by atoms with van der Waals surface area (Å²) in [5, 5.41) is 4.40. The van der Waals surface area contributed by atoms with E-state index < -0.39 is 0 Å². The summed E-state index contributed by atoms with van der Waals surface area (Å²) < 4.78 is 7.69.